The van der Waals surface area contributed by atoms with Crippen molar-refractivity contribution in [1.82, 2.24) is 4.98 Å². The Balaban J connectivity index is 1.61. The van der Waals surface area contributed by atoms with Crippen LogP contribution in [0, 0.1) is 0 Å². The average molecular weight is 538 g/mol. The Morgan fingerprint density at radius 2 is 1.51 bits per heavy atom. The van der Waals surface area contributed by atoms with E-state index in [1.54, 1.807) is 7.11 Å². The van der Waals surface area contributed by atoms with E-state index >= 15 is 0 Å². The largest absolute Gasteiger partial charge is 0.493 e. The van der Waals surface area contributed by atoms with Crippen molar-refractivity contribution in [2.75, 3.05) is 13.7 Å². The molecule has 0 radical (unpaired) electrons. The van der Waals surface area contributed by atoms with Crippen LogP contribution in [0.2, 0.25) is 18.1 Å². The number of nitrogens with zero attached hydrogens (tertiary/aromatic N) is 1. The van der Waals surface area contributed by atoms with Crippen LogP contribution in [-0.2, 0) is 17.5 Å². The summed E-state index contributed by atoms with van der Waals surface area (Å²) in [6, 6.07) is 27.3. The molecule has 0 saturated carbocycles. The van der Waals surface area contributed by atoms with Crippen molar-refractivity contribution in [2.24, 2.45) is 0 Å². The van der Waals surface area contributed by atoms with E-state index in [9.17, 15) is 0 Å². The van der Waals surface area contributed by atoms with E-state index in [1.807, 2.05) is 24.3 Å². The van der Waals surface area contributed by atoms with Crippen LogP contribution in [0.25, 0.3) is 32.4 Å². The first-order chi connectivity index (χ1) is 18.7. The number of fused-ring (bicyclic) bond motifs is 5. The van der Waals surface area contributed by atoms with Crippen molar-refractivity contribution in [2.45, 2.75) is 58.4 Å². The van der Waals surface area contributed by atoms with Crippen LogP contribution in [0.1, 0.15) is 38.4 Å². The Kier molecular flexibility index (Phi) is 7.65. The van der Waals surface area contributed by atoms with Crippen molar-refractivity contribution >= 4 is 40.8 Å². The molecule has 202 valence electrons. The normalized spacial score (nSPS) is 12.4. The lowest BCUT2D eigenvalue weighted by atomic mass is 9.97. The van der Waals surface area contributed by atoms with Crippen LogP contribution >= 0.6 is 0 Å². The molecule has 5 heteroatoms. The molecule has 5 rings (SSSR count). The van der Waals surface area contributed by atoms with Gasteiger partial charge in [0, 0.05) is 22.8 Å². The molecule has 0 N–H and O–H groups in total. The summed E-state index contributed by atoms with van der Waals surface area (Å²) in [6.07, 6.45) is 1.68. The third-order valence-electron chi connectivity index (χ3n) is 8.12. The van der Waals surface area contributed by atoms with Crippen LogP contribution < -0.4 is 9.47 Å². The lowest BCUT2D eigenvalue weighted by molar-refractivity contribution is 0.281. The SMILES string of the molecule is COc1ccc2c(c(CCCO[Si](C)(C)C(C)(C)C)nc3c4ccccc4ccc23)c1OCc1ccccc1. The standard InChI is InChI=1S/C34H39NO3Si/c1-34(2,3)39(5,6)38-22-12-17-29-31-27(28-19-18-25-15-10-11-16-26(25)32(28)35-29)20-21-30(36-4)33(31)37-23-24-13-8-7-9-14-24/h7-11,13-16,18-21H,12,17,22-23H2,1-6H3. The van der Waals surface area contributed by atoms with E-state index in [2.05, 4.69) is 88.5 Å². The summed E-state index contributed by atoms with van der Waals surface area (Å²) in [5.41, 5.74) is 3.16. The third-order valence-corrected chi connectivity index (χ3v) is 12.7. The number of hydrogen-bond donors (Lipinski definition) is 0. The van der Waals surface area contributed by atoms with E-state index in [4.69, 9.17) is 18.9 Å². The molecule has 1 heterocycles. The second-order valence-corrected chi connectivity index (χ2v) is 16.6. The minimum absolute atomic E-state index is 0.186. The summed E-state index contributed by atoms with van der Waals surface area (Å²) in [7, 11) is -0.118. The highest BCUT2D eigenvalue weighted by Crippen LogP contribution is 2.42. The molecule has 0 bridgehead atoms. The van der Waals surface area contributed by atoms with Crippen molar-refractivity contribution in [3.8, 4) is 11.5 Å². The highest BCUT2D eigenvalue weighted by molar-refractivity contribution is 6.74. The molecule has 0 spiro atoms. The molecule has 0 amide bonds. The molecular formula is C34H39NO3Si. The molecule has 0 unspecified atom stereocenters. The predicted octanol–water partition coefficient (Wildman–Crippen LogP) is 9.08. The molecule has 0 aliphatic carbocycles. The lowest BCUT2D eigenvalue weighted by Gasteiger charge is -2.36. The lowest BCUT2D eigenvalue weighted by Crippen LogP contribution is -2.41. The van der Waals surface area contributed by atoms with E-state index < -0.39 is 8.32 Å². The summed E-state index contributed by atoms with van der Waals surface area (Å²) in [4.78, 5) is 5.33. The van der Waals surface area contributed by atoms with Gasteiger partial charge >= 0.3 is 0 Å². The van der Waals surface area contributed by atoms with Crippen molar-refractivity contribution in [3.05, 3.63) is 90.1 Å². The fraction of sp³-hybridized carbons (Fsp3) is 0.324. The first-order valence-electron chi connectivity index (χ1n) is 13.8. The Morgan fingerprint density at radius 3 is 2.26 bits per heavy atom. The second-order valence-electron chi connectivity index (χ2n) is 11.7. The predicted molar refractivity (Wildman–Crippen MR) is 166 cm³/mol. The third kappa shape index (κ3) is 5.52. The maximum atomic E-state index is 6.52. The quantitative estimate of drug-likeness (QED) is 0.107. The molecule has 0 aliphatic rings. The molecule has 39 heavy (non-hydrogen) atoms. The van der Waals surface area contributed by atoms with Crippen LogP contribution in [0.5, 0.6) is 11.5 Å². The van der Waals surface area contributed by atoms with Crippen LogP contribution in [0.15, 0.2) is 78.9 Å². The zero-order valence-corrected chi connectivity index (χ0v) is 25.0. The monoisotopic (exact) mass is 537 g/mol. The van der Waals surface area contributed by atoms with Gasteiger partial charge in [0.15, 0.2) is 19.8 Å². The van der Waals surface area contributed by atoms with E-state index in [1.165, 1.54) is 10.8 Å². The molecule has 0 saturated heterocycles. The number of rotatable bonds is 9. The molecule has 0 atom stereocenters. The number of benzene rings is 4. The van der Waals surface area contributed by atoms with Gasteiger partial charge in [-0.3, -0.25) is 4.98 Å². The number of ether oxygens (including phenoxy) is 2. The number of aryl methyl sites for hydroxylation is 1. The van der Waals surface area contributed by atoms with Gasteiger partial charge in [-0.2, -0.15) is 0 Å². The summed E-state index contributed by atoms with van der Waals surface area (Å²) >= 11 is 0. The maximum absolute atomic E-state index is 6.52. The van der Waals surface area contributed by atoms with Gasteiger partial charge in [-0.05, 0) is 59.4 Å². The summed E-state index contributed by atoms with van der Waals surface area (Å²) in [5.74, 6) is 1.47. The molecule has 0 aliphatic heterocycles. The smallest absolute Gasteiger partial charge is 0.191 e. The number of pyridine rings is 1. The molecule has 4 aromatic carbocycles. The first-order valence-corrected chi connectivity index (χ1v) is 16.7. The van der Waals surface area contributed by atoms with Gasteiger partial charge in [-0.15, -0.1) is 0 Å². The highest BCUT2D eigenvalue weighted by Gasteiger charge is 2.36. The zero-order valence-electron chi connectivity index (χ0n) is 24.0. The molecule has 4 nitrogen and oxygen atoms in total. The van der Waals surface area contributed by atoms with Crippen LogP contribution in [-0.4, -0.2) is 27.0 Å². The summed E-state index contributed by atoms with van der Waals surface area (Å²) in [5, 5.41) is 5.83. The highest BCUT2D eigenvalue weighted by atomic mass is 28.4. The van der Waals surface area contributed by atoms with Gasteiger partial charge in [-0.1, -0.05) is 87.5 Å². The van der Waals surface area contributed by atoms with E-state index in [0.29, 0.717) is 6.61 Å². The summed E-state index contributed by atoms with van der Waals surface area (Å²) in [6.45, 7) is 12.6. The molecular weight excluding hydrogens is 498 g/mol. The van der Waals surface area contributed by atoms with Gasteiger partial charge in [0.1, 0.15) is 6.61 Å². The average Bonchev–Trinajstić information content (AvgIpc) is 2.93. The van der Waals surface area contributed by atoms with Crippen molar-refractivity contribution in [3.63, 3.8) is 0 Å². The Bertz CT molecular complexity index is 1610. The molecule has 5 aromatic rings. The van der Waals surface area contributed by atoms with Crippen LogP contribution in [0.4, 0.5) is 0 Å². The van der Waals surface area contributed by atoms with Gasteiger partial charge in [0.05, 0.1) is 18.3 Å². The van der Waals surface area contributed by atoms with Gasteiger partial charge in [0.25, 0.3) is 0 Å². The Morgan fingerprint density at radius 1 is 0.795 bits per heavy atom. The van der Waals surface area contributed by atoms with Gasteiger partial charge < -0.3 is 13.9 Å². The van der Waals surface area contributed by atoms with Gasteiger partial charge in [-0.25, -0.2) is 0 Å². The minimum atomic E-state index is -1.82. The molecule has 1 aromatic heterocycles. The second kappa shape index (κ2) is 11.0. The van der Waals surface area contributed by atoms with E-state index in [-0.39, 0.29) is 5.04 Å². The van der Waals surface area contributed by atoms with Crippen molar-refractivity contribution < 1.29 is 13.9 Å². The number of aromatic nitrogens is 1. The fourth-order valence-electron chi connectivity index (χ4n) is 4.86. The van der Waals surface area contributed by atoms with Gasteiger partial charge in [0.2, 0.25) is 0 Å². The number of methoxy groups -OCH3 is 1. The number of hydrogen-bond acceptors (Lipinski definition) is 4. The molecule has 0 fully saturated rings. The van der Waals surface area contributed by atoms with Crippen LogP contribution in [0.3, 0.4) is 0 Å². The van der Waals surface area contributed by atoms with Crippen molar-refractivity contribution in [1.29, 1.82) is 0 Å². The minimum Gasteiger partial charge on any atom is -0.493 e. The summed E-state index contributed by atoms with van der Waals surface area (Å²) < 4.78 is 18.9. The zero-order chi connectivity index (χ0) is 27.6. The maximum Gasteiger partial charge on any atom is 0.191 e. The fourth-order valence-corrected chi connectivity index (χ4v) is 5.94. The first kappa shape index (κ1) is 27.2. The van der Waals surface area contributed by atoms with E-state index in [0.717, 1.165) is 63.9 Å². The Hall–Kier alpha value is -3.41. The Labute approximate surface area is 233 Å². The topological polar surface area (TPSA) is 40.6 Å².